The number of rotatable bonds is 3. The summed E-state index contributed by atoms with van der Waals surface area (Å²) in [5.41, 5.74) is 10.5. The van der Waals surface area contributed by atoms with Gasteiger partial charge in [0.05, 0.1) is 0 Å². The van der Waals surface area contributed by atoms with Crippen LogP contribution in [0, 0.1) is 13.8 Å². The number of halogens is 1. The molecule has 0 aliphatic rings. The van der Waals surface area contributed by atoms with Gasteiger partial charge < -0.3 is 5.73 Å². The van der Waals surface area contributed by atoms with Crippen LogP contribution in [0.15, 0.2) is 36.5 Å². The van der Waals surface area contributed by atoms with Gasteiger partial charge in [-0.1, -0.05) is 29.8 Å². The lowest BCUT2D eigenvalue weighted by Gasteiger charge is -2.15. The van der Waals surface area contributed by atoms with E-state index < -0.39 is 0 Å². The fourth-order valence-corrected chi connectivity index (χ4v) is 2.36. The molecular weight excluding hydrogens is 244 g/mol. The highest BCUT2D eigenvalue weighted by molar-refractivity contribution is 6.31. The third kappa shape index (κ3) is 2.89. The van der Waals surface area contributed by atoms with Gasteiger partial charge in [0.2, 0.25) is 0 Å². The summed E-state index contributed by atoms with van der Waals surface area (Å²) in [6.07, 6.45) is 2.50. The second kappa shape index (κ2) is 5.51. The van der Waals surface area contributed by atoms with E-state index in [1.165, 1.54) is 0 Å². The van der Waals surface area contributed by atoms with Crippen LogP contribution < -0.4 is 5.73 Å². The van der Waals surface area contributed by atoms with Crippen molar-refractivity contribution < 1.29 is 0 Å². The Bertz CT molecular complexity index is 552. The van der Waals surface area contributed by atoms with Crippen LogP contribution in [0.1, 0.15) is 28.4 Å². The molecule has 0 aliphatic carbocycles. The molecule has 2 N–H and O–H groups in total. The Labute approximate surface area is 113 Å². The van der Waals surface area contributed by atoms with Crippen LogP contribution >= 0.6 is 11.6 Å². The number of hydrogen-bond acceptors (Lipinski definition) is 2. The van der Waals surface area contributed by atoms with E-state index in [2.05, 4.69) is 4.98 Å². The Morgan fingerprint density at radius 2 is 2.06 bits per heavy atom. The van der Waals surface area contributed by atoms with Gasteiger partial charge in [-0.25, -0.2) is 0 Å². The first-order chi connectivity index (χ1) is 8.58. The fourth-order valence-electron chi connectivity index (χ4n) is 1.98. The minimum atomic E-state index is -0.119. The Kier molecular flexibility index (Phi) is 4.00. The van der Waals surface area contributed by atoms with Crippen LogP contribution in [-0.2, 0) is 6.42 Å². The molecule has 1 aromatic carbocycles. The summed E-state index contributed by atoms with van der Waals surface area (Å²) < 4.78 is 0. The van der Waals surface area contributed by atoms with Crippen LogP contribution in [0.4, 0.5) is 0 Å². The average Bonchev–Trinajstić information content (AvgIpc) is 2.32. The molecule has 2 aromatic rings. The van der Waals surface area contributed by atoms with Crippen molar-refractivity contribution >= 4 is 11.6 Å². The van der Waals surface area contributed by atoms with Gasteiger partial charge in [-0.05, 0) is 42.7 Å². The number of nitrogens with two attached hydrogens (primary N) is 1. The van der Waals surface area contributed by atoms with E-state index in [9.17, 15) is 0 Å². The summed E-state index contributed by atoms with van der Waals surface area (Å²) in [6, 6.07) is 9.84. The summed E-state index contributed by atoms with van der Waals surface area (Å²) in [5, 5.41) is 0.732. The van der Waals surface area contributed by atoms with Gasteiger partial charge in [0.25, 0.3) is 0 Å². The number of hydrogen-bond donors (Lipinski definition) is 1. The summed E-state index contributed by atoms with van der Waals surface area (Å²) in [4.78, 5) is 4.37. The minimum Gasteiger partial charge on any atom is -0.324 e. The van der Waals surface area contributed by atoms with Crippen molar-refractivity contribution in [1.29, 1.82) is 0 Å². The molecular formula is C15H17ClN2. The molecule has 0 aliphatic heterocycles. The zero-order valence-electron chi connectivity index (χ0n) is 10.7. The highest BCUT2D eigenvalue weighted by atomic mass is 35.5. The monoisotopic (exact) mass is 260 g/mol. The molecule has 0 saturated carbocycles. The topological polar surface area (TPSA) is 38.9 Å². The lowest BCUT2D eigenvalue weighted by Crippen LogP contribution is -2.15. The highest BCUT2D eigenvalue weighted by Gasteiger charge is 2.12. The molecule has 0 radical (unpaired) electrons. The molecule has 1 heterocycles. The Hall–Kier alpha value is -1.38. The first-order valence-corrected chi connectivity index (χ1v) is 6.38. The smallest absolute Gasteiger partial charge is 0.0456 e. The molecule has 1 atom stereocenters. The molecule has 0 amide bonds. The number of pyridine rings is 1. The third-order valence-electron chi connectivity index (χ3n) is 3.09. The van der Waals surface area contributed by atoms with E-state index in [0.29, 0.717) is 6.42 Å². The molecule has 1 unspecified atom stereocenters. The molecule has 1 aromatic heterocycles. The van der Waals surface area contributed by atoms with Gasteiger partial charge in [-0.15, -0.1) is 0 Å². The van der Waals surface area contributed by atoms with E-state index in [1.807, 2.05) is 44.2 Å². The maximum atomic E-state index is 6.23. The van der Waals surface area contributed by atoms with Crippen LogP contribution in [0.5, 0.6) is 0 Å². The van der Waals surface area contributed by atoms with Gasteiger partial charge in [-0.3, -0.25) is 4.98 Å². The van der Waals surface area contributed by atoms with E-state index >= 15 is 0 Å². The predicted molar refractivity (Wildman–Crippen MR) is 75.8 cm³/mol. The number of aryl methyl sites for hydroxylation is 2. The van der Waals surface area contributed by atoms with Crippen LogP contribution in [0.2, 0.25) is 5.02 Å². The normalized spacial score (nSPS) is 12.4. The lowest BCUT2D eigenvalue weighted by atomic mass is 9.99. The van der Waals surface area contributed by atoms with Crippen molar-refractivity contribution in [3.05, 3.63) is 63.9 Å². The Morgan fingerprint density at radius 3 is 2.72 bits per heavy atom. The third-order valence-corrected chi connectivity index (χ3v) is 3.41. The van der Waals surface area contributed by atoms with E-state index in [-0.39, 0.29) is 6.04 Å². The zero-order chi connectivity index (χ0) is 13.1. The van der Waals surface area contributed by atoms with Crippen molar-refractivity contribution in [3.8, 4) is 0 Å². The lowest BCUT2D eigenvalue weighted by molar-refractivity contribution is 0.702. The molecule has 0 fully saturated rings. The summed E-state index contributed by atoms with van der Waals surface area (Å²) in [7, 11) is 0. The molecule has 0 spiro atoms. The van der Waals surface area contributed by atoms with Gasteiger partial charge in [0.1, 0.15) is 0 Å². The standard InChI is InChI=1S/C15H17ClN2/c1-10-5-6-12(13(16)8-10)14(17)9-15-11(2)4-3-7-18-15/h3-8,14H,9,17H2,1-2H3. The maximum absolute atomic E-state index is 6.23. The molecule has 2 rings (SSSR count). The highest BCUT2D eigenvalue weighted by Crippen LogP contribution is 2.25. The van der Waals surface area contributed by atoms with Crippen molar-refractivity contribution in [2.24, 2.45) is 5.73 Å². The van der Waals surface area contributed by atoms with Crippen LogP contribution in [0.3, 0.4) is 0 Å². The number of benzene rings is 1. The maximum Gasteiger partial charge on any atom is 0.0456 e. The first-order valence-electron chi connectivity index (χ1n) is 6.00. The van der Waals surface area contributed by atoms with E-state index in [0.717, 1.165) is 27.4 Å². The van der Waals surface area contributed by atoms with Crippen molar-refractivity contribution in [2.75, 3.05) is 0 Å². The van der Waals surface area contributed by atoms with E-state index in [4.69, 9.17) is 17.3 Å². The van der Waals surface area contributed by atoms with Gasteiger partial charge >= 0.3 is 0 Å². The van der Waals surface area contributed by atoms with Gasteiger partial charge in [-0.2, -0.15) is 0 Å². The van der Waals surface area contributed by atoms with E-state index in [1.54, 1.807) is 6.20 Å². The Morgan fingerprint density at radius 1 is 1.28 bits per heavy atom. The van der Waals surface area contributed by atoms with Gasteiger partial charge in [0, 0.05) is 29.4 Å². The largest absolute Gasteiger partial charge is 0.324 e. The minimum absolute atomic E-state index is 0.119. The zero-order valence-corrected chi connectivity index (χ0v) is 11.4. The molecule has 0 bridgehead atoms. The average molecular weight is 261 g/mol. The fraction of sp³-hybridized carbons (Fsp3) is 0.267. The summed E-state index contributed by atoms with van der Waals surface area (Å²) in [5.74, 6) is 0. The van der Waals surface area contributed by atoms with Crippen LogP contribution in [0.25, 0.3) is 0 Å². The Balaban J connectivity index is 2.22. The first kappa shape index (κ1) is 13.1. The predicted octanol–water partition coefficient (Wildman–Crippen LogP) is 3.59. The van der Waals surface area contributed by atoms with Gasteiger partial charge in [0.15, 0.2) is 0 Å². The summed E-state index contributed by atoms with van der Waals surface area (Å²) >= 11 is 6.23. The molecule has 0 saturated heterocycles. The second-order valence-electron chi connectivity index (χ2n) is 4.60. The molecule has 3 heteroatoms. The molecule has 18 heavy (non-hydrogen) atoms. The quantitative estimate of drug-likeness (QED) is 0.916. The van der Waals surface area contributed by atoms with Crippen molar-refractivity contribution in [1.82, 2.24) is 4.98 Å². The van der Waals surface area contributed by atoms with Crippen molar-refractivity contribution in [2.45, 2.75) is 26.3 Å². The second-order valence-corrected chi connectivity index (χ2v) is 5.01. The van der Waals surface area contributed by atoms with Crippen LogP contribution in [-0.4, -0.2) is 4.98 Å². The summed E-state index contributed by atoms with van der Waals surface area (Å²) in [6.45, 7) is 4.07. The molecule has 2 nitrogen and oxygen atoms in total. The SMILES string of the molecule is Cc1ccc(C(N)Cc2ncccc2C)c(Cl)c1. The number of nitrogens with zero attached hydrogens (tertiary/aromatic N) is 1. The molecule has 94 valence electrons. The number of aromatic nitrogens is 1. The van der Waals surface area contributed by atoms with Crippen molar-refractivity contribution in [3.63, 3.8) is 0 Å².